The van der Waals surface area contributed by atoms with E-state index in [4.69, 9.17) is 0 Å². The third-order valence-corrected chi connectivity index (χ3v) is 0.814. The minimum Gasteiger partial charge on any atom is -0.174 e. The van der Waals surface area contributed by atoms with Crippen molar-refractivity contribution < 1.29 is 7.94 Å². The molecule has 1 aromatic heterocycles. The van der Waals surface area contributed by atoms with Gasteiger partial charge in [-0.3, -0.25) is 0 Å². The molecule has 5 nitrogen and oxygen atoms in total. The number of aromatic amines is 2. The summed E-state index contributed by atoms with van der Waals surface area (Å²) in [6.07, 6.45) is 1.34. The number of nitrogens with one attached hydrogen (secondary N) is 2. The molecule has 0 aromatic carbocycles. The first kappa shape index (κ1) is 4.25. The summed E-state index contributed by atoms with van der Waals surface area (Å²) in [6.45, 7) is 0. The lowest BCUT2D eigenvalue weighted by Gasteiger charge is -1.49. The van der Waals surface area contributed by atoms with Crippen LogP contribution in [0.25, 0.3) is 0 Å². The SMILES string of the molecule is O=S=[n+]1cn[nH][nH]1. The van der Waals surface area contributed by atoms with E-state index in [0.717, 1.165) is 0 Å². The van der Waals surface area contributed by atoms with Crippen LogP contribution in [-0.2, 0) is 11.5 Å². The molecule has 0 saturated heterocycles. The van der Waals surface area contributed by atoms with Crippen LogP contribution in [0.15, 0.2) is 6.33 Å². The van der Waals surface area contributed by atoms with Gasteiger partial charge in [0.2, 0.25) is 0 Å². The normalized spacial score (nSPS) is 8.57. The van der Waals surface area contributed by atoms with E-state index in [0.29, 0.717) is 11.5 Å². The minimum absolute atomic E-state index is 0.293. The van der Waals surface area contributed by atoms with Crippen molar-refractivity contribution in [1.82, 2.24) is 15.5 Å². The fraction of sp³-hybridized carbons (Fsp3) is 0. The monoisotopic (exact) mass is 119 g/mol. The van der Waals surface area contributed by atoms with E-state index in [2.05, 4.69) is 15.5 Å². The molecule has 0 unspecified atom stereocenters. The fourth-order valence-corrected chi connectivity index (χ4v) is 0.390. The summed E-state index contributed by atoms with van der Waals surface area (Å²) in [5.41, 5.74) is 0. The van der Waals surface area contributed by atoms with Crippen LogP contribution in [0.3, 0.4) is 0 Å². The first-order valence-corrected chi connectivity index (χ1v) is 2.26. The average molecular weight is 119 g/mol. The van der Waals surface area contributed by atoms with Gasteiger partial charge in [0, 0.05) is 0 Å². The van der Waals surface area contributed by atoms with Crippen LogP contribution in [0.4, 0.5) is 0 Å². The molecule has 0 radical (unpaired) electrons. The number of hydrogen-bond donors (Lipinski definition) is 2. The Balaban J connectivity index is 3.50. The zero-order valence-corrected chi connectivity index (χ0v) is 4.10. The number of hydrogen-bond acceptors (Lipinski definition) is 2. The molecule has 7 heavy (non-hydrogen) atoms. The van der Waals surface area contributed by atoms with Crippen LogP contribution >= 0.6 is 0 Å². The molecule has 0 atom stereocenters. The molecule has 0 fully saturated rings. The second-order valence-electron chi connectivity index (χ2n) is 0.869. The van der Waals surface area contributed by atoms with Gasteiger partial charge in [-0.15, -0.1) is 0 Å². The van der Waals surface area contributed by atoms with Crippen LogP contribution in [0.5, 0.6) is 0 Å². The summed E-state index contributed by atoms with van der Waals surface area (Å²) in [5, 5.41) is 8.22. The van der Waals surface area contributed by atoms with Gasteiger partial charge in [-0.25, -0.2) is 0 Å². The summed E-state index contributed by atoms with van der Waals surface area (Å²) < 4.78 is 11.0. The Morgan fingerprint density at radius 1 is 1.86 bits per heavy atom. The van der Waals surface area contributed by atoms with E-state index in [1.165, 1.54) is 10.1 Å². The highest BCUT2D eigenvalue weighted by Crippen LogP contribution is 1.38. The Labute approximate surface area is 42.2 Å². The Bertz CT molecular complexity index is 201. The molecule has 0 aliphatic carbocycles. The highest BCUT2D eigenvalue weighted by atomic mass is 32.1. The molecule has 2 N–H and O–H groups in total. The third-order valence-electron chi connectivity index (χ3n) is 0.468. The van der Waals surface area contributed by atoms with Gasteiger partial charge < -0.3 is 0 Å². The predicted octanol–water partition coefficient (Wildman–Crippen LogP) is -1.72. The first-order chi connectivity index (χ1) is 3.43. The zero-order valence-electron chi connectivity index (χ0n) is 3.29. The molecular weight excluding hydrogens is 116 g/mol. The molecule has 1 rings (SSSR count). The topological polar surface area (TPSA) is 67.4 Å². The zero-order chi connectivity index (χ0) is 5.11. The van der Waals surface area contributed by atoms with Gasteiger partial charge in [-0.2, -0.15) is 4.21 Å². The quantitative estimate of drug-likeness (QED) is 0.399. The molecule has 6 heteroatoms. The molecular formula is CH3N4OS+. The lowest BCUT2D eigenvalue weighted by molar-refractivity contribution is -0.513. The lowest BCUT2D eigenvalue weighted by Crippen LogP contribution is -2.14. The van der Waals surface area contributed by atoms with Gasteiger partial charge in [0.15, 0.2) is 0 Å². The Kier molecular flexibility index (Phi) is 1.03. The number of nitrogens with zero attached hydrogens (tertiary/aromatic N) is 2. The Hall–Kier alpha value is -0.910. The Morgan fingerprint density at radius 3 is 3.00 bits per heavy atom. The van der Waals surface area contributed by atoms with Gasteiger partial charge in [0.1, 0.15) is 0 Å². The van der Waals surface area contributed by atoms with Gasteiger partial charge in [0.05, 0.1) is 5.10 Å². The van der Waals surface area contributed by atoms with Gasteiger partial charge in [0.25, 0.3) is 11.5 Å². The maximum atomic E-state index is 9.78. The summed E-state index contributed by atoms with van der Waals surface area (Å²) >= 11 is 0.293. The summed E-state index contributed by atoms with van der Waals surface area (Å²) in [5.74, 6) is 0. The van der Waals surface area contributed by atoms with Crippen LogP contribution in [0, 0.1) is 0 Å². The summed E-state index contributed by atoms with van der Waals surface area (Å²) in [4.78, 5) is 0. The van der Waals surface area contributed by atoms with Crippen molar-refractivity contribution in [3.63, 3.8) is 0 Å². The van der Waals surface area contributed by atoms with Crippen LogP contribution in [-0.4, -0.2) is 19.7 Å². The highest BCUT2D eigenvalue weighted by molar-refractivity contribution is 7.51. The first-order valence-electron chi connectivity index (χ1n) is 1.56. The van der Waals surface area contributed by atoms with E-state index >= 15 is 0 Å². The summed E-state index contributed by atoms with van der Waals surface area (Å²) in [6, 6.07) is 0. The average Bonchev–Trinajstić information content (AvgIpc) is 2.14. The molecule has 0 aliphatic heterocycles. The van der Waals surface area contributed by atoms with Gasteiger partial charge in [-0.1, -0.05) is 10.4 Å². The van der Waals surface area contributed by atoms with Crippen molar-refractivity contribution in [2.24, 2.45) is 0 Å². The maximum Gasteiger partial charge on any atom is 0.303 e. The molecule has 0 spiro atoms. The van der Waals surface area contributed by atoms with E-state index < -0.39 is 0 Å². The number of rotatable bonds is 0. The largest absolute Gasteiger partial charge is 0.303 e. The van der Waals surface area contributed by atoms with Gasteiger partial charge in [-0.05, 0) is 3.73 Å². The van der Waals surface area contributed by atoms with E-state index in [-0.39, 0.29) is 0 Å². The number of H-pyrrole nitrogens is 2. The van der Waals surface area contributed by atoms with Crippen LogP contribution in [0.2, 0.25) is 0 Å². The highest BCUT2D eigenvalue weighted by Gasteiger charge is 1.78. The van der Waals surface area contributed by atoms with Gasteiger partial charge >= 0.3 is 6.33 Å². The van der Waals surface area contributed by atoms with Crippen molar-refractivity contribution in [2.75, 3.05) is 0 Å². The van der Waals surface area contributed by atoms with Crippen molar-refractivity contribution in [3.8, 4) is 0 Å². The fourth-order valence-electron chi connectivity index (χ4n) is 0.226. The van der Waals surface area contributed by atoms with Crippen molar-refractivity contribution >= 4 is 11.5 Å². The predicted molar refractivity (Wildman–Crippen MR) is 21.1 cm³/mol. The molecule has 1 aromatic rings. The molecule has 38 valence electrons. The van der Waals surface area contributed by atoms with E-state index in [9.17, 15) is 4.21 Å². The second-order valence-corrected chi connectivity index (χ2v) is 1.41. The smallest absolute Gasteiger partial charge is 0.174 e. The molecule has 1 heterocycles. The molecule has 0 aliphatic rings. The molecule has 0 amide bonds. The van der Waals surface area contributed by atoms with E-state index in [1.54, 1.807) is 0 Å². The molecule has 0 saturated carbocycles. The lowest BCUT2D eigenvalue weighted by atomic mass is 11.4. The van der Waals surface area contributed by atoms with Crippen molar-refractivity contribution in [2.45, 2.75) is 0 Å². The van der Waals surface area contributed by atoms with Crippen molar-refractivity contribution in [3.05, 3.63) is 6.33 Å². The van der Waals surface area contributed by atoms with Crippen LogP contribution < -0.4 is 3.73 Å². The standard InChI is InChI=1S/CH3N4OS/c6-7-5-1-2-3-4-5/h1,3-4H/q+1. The third kappa shape index (κ3) is 0.743. The Morgan fingerprint density at radius 2 is 2.71 bits per heavy atom. The van der Waals surface area contributed by atoms with E-state index in [1.807, 2.05) is 0 Å². The van der Waals surface area contributed by atoms with Crippen LogP contribution in [0.1, 0.15) is 0 Å². The summed E-state index contributed by atoms with van der Waals surface area (Å²) in [7, 11) is 0. The second kappa shape index (κ2) is 1.69. The minimum atomic E-state index is 0.293. The number of aromatic nitrogens is 4. The molecule has 0 bridgehead atoms. The van der Waals surface area contributed by atoms with Crippen molar-refractivity contribution in [1.29, 1.82) is 0 Å². The maximum absolute atomic E-state index is 9.78. The number of tetrazole rings is 1.